The highest BCUT2D eigenvalue weighted by Crippen LogP contribution is 2.11. The Morgan fingerprint density at radius 3 is 2.90 bits per heavy atom. The Hall–Kier alpha value is -1.02. The van der Waals surface area contributed by atoms with Gasteiger partial charge in [-0.05, 0) is 24.1 Å². The van der Waals surface area contributed by atoms with Crippen LogP contribution < -0.4 is 4.89 Å². The molecule has 0 bridgehead atoms. The van der Waals surface area contributed by atoms with Crippen LogP contribution in [-0.2, 0) is 6.42 Å². The van der Waals surface area contributed by atoms with Crippen molar-refractivity contribution in [3.63, 3.8) is 0 Å². The lowest BCUT2D eigenvalue weighted by atomic mass is 10.2. The molecule has 0 saturated carbocycles. The minimum Gasteiger partial charge on any atom is -0.340 e. The van der Waals surface area contributed by atoms with Crippen molar-refractivity contribution in [2.45, 2.75) is 13.3 Å². The first-order chi connectivity index (χ1) is 4.86. The minimum absolute atomic E-state index is 0.499. The summed E-state index contributed by atoms with van der Waals surface area (Å²) in [6, 6.07) is 7.35. The molecule has 1 aromatic rings. The second-order valence-corrected chi connectivity index (χ2v) is 2.09. The fraction of sp³-hybridized carbons (Fsp3) is 0.250. The molecule has 0 saturated heterocycles. The largest absolute Gasteiger partial charge is 0.340 e. The summed E-state index contributed by atoms with van der Waals surface area (Å²) < 4.78 is 0. The third-order valence-corrected chi connectivity index (χ3v) is 1.41. The molecule has 0 heterocycles. The molecule has 0 spiro atoms. The van der Waals surface area contributed by atoms with Crippen molar-refractivity contribution in [2.75, 3.05) is 0 Å². The molecular weight excluding hydrogens is 128 g/mol. The van der Waals surface area contributed by atoms with Gasteiger partial charge in [-0.25, -0.2) is 5.26 Å². The van der Waals surface area contributed by atoms with Crippen molar-refractivity contribution in [2.24, 2.45) is 0 Å². The number of hydrogen-bond acceptors (Lipinski definition) is 2. The van der Waals surface area contributed by atoms with Gasteiger partial charge in [-0.2, -0.15) is 0 Å². The van der Waals surface area contributed by atoms with Crippen LogP contribution in [0.1, 0.15) is 12.5 Å². The zero-order valence-electron chi connectivity index (χ0n) is 5.87. The highest BCUT2D eigenvalue weighted by Gasteiger charge is 1.92. The fourth-order valence-electron chi connectivity index (χ4n) is 0.822. The van der Waals surface area contributed by atoms with Crippen LogP contribution in [0.2, 0.25) is 0 Å². The number of rotatable bonds is 2. The van der Waals surface area contributed by atoms with E-state index < -0.39 is 0 Å². The summed E-state index contributed by atoms with van der Waals surface area (Å²) in [6.07, 6.45) is 0.956. The predicted molar refractivity (Wildman–Crippen MR) is 39.1 cm³/mol. The monoisotopic (exact) mass is 138 g/mol. The fourth-order valence-corrected chi connectivity index (χ4v) is 0.822. The van der Waals surface area contributed by atoms with Crippen LogP contribution >= 0.6 is 0 Å². The Balaban J connectivity index is 2.87. The molecular formula is C8H10O2. The molecule has 0 aliphatic rings. The van der Waals surface area contributed by atoms with Gasteiger partial charge < -0.3 is 4.89 Å². The molecule has 1 aromatic carbocycles. The van der Waals surface area contributed by atoms with Crippen LogP contribution in [0.5, 0.6) is 5.75 Å². The Bertz CT molecular complexity index is 189. The molecule has 1 rings (SSSR count). The predicted octanol–water partition coefficient (Wildman–Crippen LogP) is 2.10. The SMILES string of the molecule is CCc1cccc(OO)c1. The second-order valence-electron chi connectivity index (χ2n) is 2.09. The smallest absolute Gasteiger partial charge is 0.165 e. The number of aryl methyl sites for hydroxylation is 1. The lowest BCUT2D eigenvalue weighted by Gasteiger charge is -1.97. The lowest BCUT2D eigenvalue weighted by molar-refractivity contribution is -0.137. The van der Waals surface area contributed by atoms with Gasteiger partial charge >= 0.3 is 0 Å². The molecule has 10 heavy (non-hydrogen) atoms. The molecule has 0 aromatic heterocycles. The van der Waals surface area contributed by atoms with Gasteiger partial charge in [-0.3, -0.25) is 0 Å². The van der Waals surface area contributed by atoms with Crippen LogP contribution in [0.3, 0.4) is 0 Å². The molecule has 0 amide bonds. The molecule has 1 N–H and O–H groups in total. The summed E-state index contributed by atoms with van der Waals surface area (Å²) in [4.78, 5) is 4.06. The maximum Gasteiger partial charge on any atom is 0.165 e. The third kappa shape index (κ3) is 1.48. The molecule has 0 fully saturated rings. The number of benzene rings is 1. The maximum absolute atomic E-state index is 8.26. The van der Waals surface area contributed by atoms with Crippen molar-refractivity contribution in [1.82, 2.24) is 0 Å². The second kappa shape index (κ2) is 3.22. The quantitative estimate of drug-likeness (QED) is 0.501. The molecule has 0 aliphatic carbocycles. The first-order valence-electron chi connectivity index (χ1n) is 3.27. The Morgan fingerprint density at radius 1 is 1.50 bits per heavy atom. The molecule has 0 aliphatic heterocycles. The summed E-state index contributed by atoms with van der Waals surface area (Å²) in [6.45, 7) is 2.05. The van der Waals surface area contributed by atoms with Crippen molar-refractivity contribution >= 4 is 0 Å². The van der Waals surface area contributed by atoms with Gasteiger partial charge in [-0.1, -0.05) is 19.1 Å². The Kier molecular flexibility index (Phi) is 2.29. The summed E-state index contributed by atoms with van der Waals surface area (Å²) in [5, 5.41) is 8.26. The average Bonchev–Trinajstić information content (AvgIpc) is 2.05. The summed E-state index contributed by atoms with van der Waals surface area (Å²) in [5.41, 5.74) is 1.16. The summed E-state index contributed by atoms with van der Waals surface area (Å²) in [5.74, 6) is 0.499. The van der Waals surface area contributed by atoms with Gasteiger partial charge in [-0.15, -0.1) is 0 Å². The standard InChI is InChI=1S/C8H10O2/c1-2-7-4-3-5-8(6-7)10-9/h3-6,9H,2H2,1H3. The van der Waals surface area contributed by atoms with E-state index in [1.165, 1.54) is 0 Å². The van der Waals surface area contributed by atoms with E-state index >= 15 is 0 Å². The molecule has 54 valence electrons. The van der Waals surface area contributed by atoms with Gasteiger partial charge in [0.2, 0.25) is 0 Å². The van der Waals surface area contributed by atoms with Crippen molar-refractivity contribution in [3.8, 4) is 5.75 Å². The van der Waals surface area contributed by atoms with E-state index in [2.05, 4.69) is 11.8 Å². The van der Waals surface area contributed by atoms with E-state index in [0.29, 0.717) is 5.75 Å². The number of hydrogen-bond donors (Lipinski definition) is 1. The van der Waals surface area contributed by atoms with E-state index in [9.17, 15) is 0 Å². The third-order valence-electron chi connectivity index (χ3n) is 1.41. The van der Waals surface area contributed by atoms with Crippen LogP contribution in [0.25, 0.3) is 0 Å². The van der Waals surface area contributed by atoms with E-state index in [-0.39, 0.29) is 0 Å². The van der Waals surface area contributed by atoms with Crippen molar-refractivity contribution in [3.05, 3.63) is 29.8 Å². The zero-order valence-corrected chi connectivity index (χ0v) is 5.87. The van der Waals surface area contributed by atoms with Crippen LogP contribution in [-0.4, -0.2) is 5.26 Å². The highest BCUT2D eigenvalue weighted by atomic mass is 17.1. The molecule has 0 unspecified atom stereocenters. The lowest BCUT2D eigenvalue weighted by Crippen LogP contribution is -1.85. The van der Waals surface area contributed by atoms with E-state index in [1.807, 2.05) is 12.1 Å². The van der Waals surface area contributed by atoms with Gasteiger partial charge in [0.1, 0.15) is 0 Å². The van der Waals surface area contributed by atoms with Gasteiger partial charge in [0, 0.05) is 0 Å². The van der Waals surface area contributed by atoms with Crippen molar-refractivity contribution in [1.29, 1.82) is 0 Å². The highest BCUT2D eigenvalue weighted by molar-refractivity contribution is 5.27. The van der Waals surface area contributed by atoms with Crippen LogP contribution in [0.4, 0.5) is 0 Å². The molecule has 0 radical (unpaired) electrons. The average molecular weight is 138 g/mol. The van der Waals surface area contributed by atoms with E-state index in [1.54, 1.807) is 12.1 Å². The van der Waals surface area contributed by atoms with Crippen molar-refractivity contribution < 1.29 is 10.1 Å². The Labute approximate surface area is 60.0 Å². The maximum atomic E-state index is 8.26. The van der Waals surface area contributed by atoms with Gasteiger partial charge in [0.05, 0.1) is 0 Å². The molecule has 2 nitrogen and oxygen atoms in total. The van der Waals surface area contributed by atoms with Crippen LogP contribution in [0.15, 0.2) is 24.3 Å². The van der Waals surface area contributed by atoms with Crippen LogP contribution in [0, 0.1) is 0 Å². The molecule has 0 atom stereocenters. The zero-order chi connectivity index (χ0) is 7.40. The molecule has 2 heteroatoms. The van der Waals surface area contributed by atoms with Gasteiger partial charge in [0.25, 0.3) is 0 Å². The van der Waals surface area contributed by atoms with E-state index in [0.717, 1.165) is 12.0 Å². The topological polar surface area (TPSA) is 29.5 Å². The van der Waals surface area contributed by atoms with E-state index in [4.69, 9.17) is 5.26 Å². The first-order valence-corrected chi connectivity index (χ1v) is 3.27. The minimum atomic E-state index is 0.499. The summed E-state index contributed by atoms with van der Waals surface area (Å²) in [7, 11) is 0. The van der Waals surface area contributed by atoms with Gasteiger partial charge in [0.15, 0.2) is 5.75 Å². The first kappa shape index (κ1) is 7.09. The normalized spacial score (nSPS) is 9.40. The Morgan fingerprint density at radius 2 is 2.30 bits per heavy atom. The summed E-state index contributed by atoms with van der Waals surface area (Å²) >= 11 is 0.